The highest BCUT2D eigenvalue weighted by Crippen LogP contribution is 2.28. The molecule has 0 radical (unpaired) electrons. The zero-order chi connectivity index (χ0) is 16.9. The minimum Gasteiger partial charge on any atom is -0.391 e. The van der Waals surface area contributed by atoms with E-state index in [2.05, 4.69) is 70.5 Å². The van der Waals surface area contributed by atoms with Crippen molar-refractivity contribution in [3.8, 4) is 0 Å². The van der Waals surface area contributed by atoms with Crippen LogP contribution in [0.4, 0.5) is 0 Å². The number of ether oxygens (including phenoxy) is 1. The third-order valence-electron chi connectivity index (χ3n) is 3.47. The first-order chi connectivity index (χ1) is 9.99. The van der Waals surface area contributed by atoms with Crippen molar-refractivity contribution in [3.05, 3.63) is 35.9 Å². The standard InChI is InChI=1S/C18H34O2Si2/c1-18(20-22(5,6)7,14-11-15-21(2,3)4)19-16-17-12-9-8-10-13-17/h8-10,12-13H,11,14-16H2,1-7H3. The average molecular weight is 339 g/mol. The predicted octanol–water partition coefficient (Wildman–Crippen LogP) is 5.89. The van der Waals surface area contributed by atoms with Gasteiger partial charge in [-0.15, -0.1) is 0 Å². The van der Waals surface area contributed by atoms with Crippen molar-refractivity contribution in [1.29, 1.82) is 0 Å². The summed E-state index contributed by atoms with van der Waals surface area (Å²) < 4.78 is 12.6. The molecule has 1 atom stereocenters. The third kappa shape index (κ3) is 8.88. The van der Waals surface area contributed by atoms with Crippen LogP contribution in [0.5, 0.6) is 0 Å². The monoisotopic (exact) mass is 338 g/mol. The molecule has 1 unspecified atom stereocenters. The van der Waals surface area contributed by atoms with Crippen LogP contribution in [0.15, 0.2) is 30.3 Å². The number of rotatable bonds is 9. The van der Waals surface area contributed by atoms with Gasteiger partial charge in [0.1, 0.15) is 0 Å². The Bertz CT molecular complexity index is 435. The zero-order valence-corrected chi connectivity index (χ0v) is 17.5. The van der Waals surface area contributed by atoms with Crippen molar-refractivity contribution < 1.29 is 9.16 Å². The van der Waals surface area contributed by atoms with E-state index in [4.69, 9.17) is 9.16 Å². The lowest BCUT2D eigenvalue weighted by Gasteiger charge is -2.36. The van der Waals surface area contributed by atoms with Crippen LogP contribution in [0.2, 0.25) is 45.3 Å². The zero-order valence-electron chi connectivity index (χ0n) is 15.5. The molecule has 0 N–H and O–H groups in total. The molecule has 0 aromatic heterocycles. The molecular formula is C18H34O2Si2. The van der Waals surface area contributed by atoms with Gasteiger partial charge in [0.25, 0.3) is 0 Å². The van der Waals surface area contributed by atoms with Gasteiger partial charge in [0.15, 0.2) is 14.1 Å². The third-order valence-corrected chi connectivity index (χ3v) is 6.36. The maximum Gasteiger partial charge on any atom is 0.187 e. The smallest absolute Gasteiger partial charge is 0.187 e. The van der Waals surface area contributed by atoms with E-state index in [-0.39, 0.29) is 0 Å². The van der Waals surface area contributed by atoms with Crippen LogP contribution >= 0.6 is 0 Å². The Morgan fingerprint density at radius 3 is 2.05 bits per heavy atom. The summed E-state index contributed by atoms with van der Waals surface area (Å²) in [5.74, 6) is -0.458. The second kappa shape index (κ2) is 7.91. The quantitative estimate of drug-likeness (QED) is 0.413. The maximum atomic E-state index is 6.39. The van der Waals surface area contributed by atoms with E-state index in [1.165, 1.54) is 18.0 Å². The lowest BCUT2D eigenvalue weighted by molar-refractivity contribution is -0.188. The summed E-state index contributed by atoms with van der Waals surface area (Å²) in [6, 6.07) is 11.7. The van der Waals surface area contributed by atoms with Crippen LogP contribution in [0, 0.1) is 0 Å². The first kappa shape index (κ1) is 19.6. The van der Waals surface area contributed by atoms with Crippen LogP contribution in [0.25, 0.3) is 0 Å². The van der Waals surface area contributed by atoms with Crippen LogP contribution in [-0.4, -0.2) is 22.2 Å². The van der Waals surface area contributed by atoms with Crippen LogP contribution in [-0.2, 0) is 15.8 Å². The van der Waals surface area contributed by atoms with Crippen molar-refractivity contribution in [2.45, 2.75) is 77.5 Å². The molecule has 0 aliphatic rings. The summed E-state index contributed by atoms with van der Waals surface area (Å²) >= 11 is 0. The minimum absolute atomic E-state index is 0.458. The van der Waals surface area contributed by atoms with E-state index >= 15 is 0 Å². The van der Waals surface area contributed by atoms with Gasteiger partial charge < -0.3 is 9.16 Å². The van der Waals surface area contributed by atoms with Gasteiger partial charge in [-0.3, -0.25) is 0 Å². The highest BCUT2D eigenvalue weighted by Gasteiger charge is 2.32. The Balaban J connectivity index is 2.65. The van der Waals surface area contributed by atoms with Crippen LogP contribution < -0.4 is 0 Å². The predicted molar refractivity (Wildman–Crippen MR) is 101 cm³/mol. The molecule has 0 fully saturated rings. The highest BCUT2D eigenvalue weighted by molar-refractivity contribution is 6.76. The lowest BCUT2D eigenvalue weighted by Crippen LogP contribution is -2.42. The molecule has 126 valence electrons. The van der Waals surface area contributed by atoms with Crippen molar-refractivity contribution in [2.24, 2.45) is 0 Å². The van der Waals surface area contributed by atoms with E-state index in [0.717, 1.165) is 6.42 Å². The SMILES string of the molecule is CC(CCC[Si](C)(C)C)(OCc1ccccc1)O[Si](C)(C)C. The summed E-state index contributed by atoms with van der Waals surface area (Å²) in [5, 5.41) is 0. The summed E-state index contributed by atoms with van der Waals surface area (Å²) in [7, 11) is -2.64. The molecule has 1 aromatic carbocycles. The normalized spacial score (nSPS) is 15.6. The second-order valence-corrected chi connectivity index (χ2v) is 18.6. The molecule has 0 amide bonds. The molecule has 4 heteroatoms. The molecule has 22 heavy (non-hydrogen) atoms. The number of hydrogen-bond donors (Lipinski definition) is 0. The van der Waals surface area contributed by atoms with E-state index in [1.54, 1.807) is 0 Å². The maximum absolute atomic E-state index is 6.39. The minimum atomic E-state index is -1.64. The van der Waals surface area contributed by atoms with Gasteiger partial charge in [0.2, 0.25) is 0 Å². The van der Waals surface area contributed by atoms with E-state index < -0.39 is 22.2 Å². The average Bonchev–Trinajstić information content (AvgIpc) is 2.34. The fraction of sp³-hybridized carbons (Fsp3) is 0.667. The van der Waals surface area contributed by atoms with Gasteiger partial charge in [-0.2, -0.15) is 0 Å². The fourth-order valence-electron chi connectivity index (χ4n) is 2.55. The Morgan fingerprint density at radius 2 is 1.55 bits per heavy atom. The first-order valence-electron chi connectivity index (χ1n) is 8.37. The molecule has 2 nitrogen and oxygen atoms in total. The molecule has 0 bridgehead atoms. The van der Waals surface area contributed by atoms with Gasteiger partial charge in [-0.05, 0) is 38.5 Å². The van der Waals surface area contributed by atoms with Crippen molar-refractivity contribution in [2.75, 3.05) is 0 Å². The van der Waals surface area contributed by atoms with Gasteiger partial charge in [-0.25, -0.2) is 0 Å². The summed E-state index contributed by atoms with van der Waals surface area (Å²) in [4.78, 5) is 0. The topological polar surface area (TPSA) is 18.5 Å². The molecule has 0 heterocycles. The Kier molecular flexibility index (Phi) is 7.05. The lowest BCUT2D eigenvalue weighted by atomic mass is 10.2. The Labute approximate surface area is 139 Å². The van der Waals surface area contributed by atoms with E-state index in [1.807, 2.05) is 6.07 Å². The molecular weight excluding hydrogens is 304 g/mol. The molecule has 1 rings (SSSR count). The first-order valence-corrected chi connectivity index (χ1v) is 15.5. The summed E-state index contributed by atoms with van der Waals surface area (Å²) in [6.07, 6.45) is 2.17. The molecule has 0 saturated carbocycles. The van der Waals surface area contributed by atoms with Crippen LogP contribution in [0.3, 0.4) is 0 Å². The second-order valence-electron chi connectivity index (χ2n) is 8.54. The Morgan fingerprint density at radius 1 is 0.955 bits per heavy atom. The number of benzene rings is 1. The number of hydrogen-bond acceptors (Lipinski definition) is 2. The van der Waals surface area contributed by atoms with Crippen molar-refractivity contribution >= 4 is 16.4 Å². The van der Waals surface area contributed by atoms with Crippen LogP contribution in [0.1, 0.15) is 25.3 Å². The Hall–Kier alpha value is -0.426. The van der Waals surface area contributed by atoms with Gasteiger partial charge in [-0.1, -0.05) is 62.4 Å². The molecule has 0 saturated heterocycles. The van der Waals surface area contributed by atoms with Gasteiger partial charge in [0, 0.05) is 8.07 Å². The van der Waals surface area contributed by atoms with E-state index in [0.29, 0.717) is 6.61 Å². The van der Waals surface area contributed by atoms with Crippen molar-refractivity contribution in [3.63, 3.8) is 0 Å². The summed E-state index contributed by atoms with van der Waals surface area (Å²) in [6.45, 7) is 16.7. The largest absolute Gasteiger partial charge is 0.391 e. The molecule has 0 aliphatic heterocycles. The van der Waals surface area contributed by atoms with Crippen molar-refractivity contribution in [1.82, 2.24) is 0 Å². The van der Waals surface area contributed by atoms with Gasteiger partial charge >= 0.3 is 0 Å². The summed E-state index contributed by atoms with van der Waals surface area (Å²) in [5.41, 5.74) is 1.21. The molecule has 0 aliphatic carbocycles. The van der Waals surface area contributed by atoms with E-state index in [9.17, 15) is 0 Å². The molecule has 0 spiro atoms. The highest BCUT2D eigenvalue weighted by atomic mass is 28.4. The fourth-order valence-corrected chi connectivity index (χ4v) is 5.24. The van der Waals surface area contributed by atoms with Gasteiger partial charge in [0.05, 0.1) is 6.61 Å². The molecule has 1 aromatic rings.